The summed E-state index contributed by atoms with van der Waals surface area (Å²) >= 11 is 9.17. The molecule has 0 radical (unpaired) electrons. The number of carbonyl (C=O) groups excluding carboxylic acids is 1. The van der Waals surface area contributed by atoms with E-state index in [9.17, 15) is 4.79 Å². The largest absolute Gasteiger partial charge is 0.460 e. The molecule has 2 aromatic rings. The summed E-state index contributed by atoms with van der Waals surface area (Å²) in [5.41, 5.74) is 0.658. The van der Waals surface area contributed by atoms with Crippen molar-refractivity contribution in [1.82, 2.24) is 15.3 Å². The number of aromatic nitrogens is 2. The van der Waals surface area contributed by atoms with Gasteiger partial charge in [0.05, 0.1) is 23.0 Å². The van der Waals surface area contributed by atoms with Crippen LogP contribution in [0.1, 0.15) is 36.0 Å². The summed E-state index contributed by atoms with van der Waals surface area (Å²) in [7, 11) is 0. The number of hydrogen-bond acceptors (Lipinski definition) is 4. The maximum Gasteiger partial charge on any atom is 0.316 e. The number of halogens is 2. The second-order valence-corrected chi connectivity index (χ2v) is 7.02. The molecule has 126 valence electrons. The van der Waals surface area contributed by atoms with Crippen LogP contribution in [0.25, 0.3) is 0 Å². The van der Waals surface area contributed by atoms with E-state index in [4.69, 9.17) is 16.3 Å². The molecule has 1 aliphatic rings. The number of benzene rings is 1. The molecule has 0 spiro atoms. The first-order chi connectivity index (χ1) is 11.6. The molecule has 0 saturated heterocycles. The summed E-state index contributed by atoms with van der Waals surface area (Å²) < 4.78 is 6.57. The second kappa shape index (κ2) is 7.94. The minimum atomic E-state index is -0.0483. The zero-order valence-electron chi connectivity index (χ0n) is 12.9. The molecule has 1 fully saturated rings. The van der Waals surface area contributed by atoms with Gasteiger partial charge in [-0.3, -0.25) is 4.79 Å². The number of nitrogens with zero attached hydrogens (tertiary/aromatic N) is 2. The van der Waals surface area contributed by atoms with E-state index in [0.717, 1.165) is 30.2 Å². The van der Waals surface area contributed by atoms with Crippen molar-refractivity contribution in [2.24, 2.45) is 0 Å². The molecule has 1 aromatic carbocycles. The van der Waals surface area contributed by atoms with Crippen LogP contribution in [0, 0.1) is 0 Å². The molecule has 0 bridgehead atoms. The molecule has 1 aromatic heterocycles. The molecule has 0 atom stereocenters. The Morgan fingerprint density at radius 3 is 2.50 bits per heavy atom. The minimum absolute atomic E-state index is 0.0483. The lowest BCUT2D eigenvalue weighted by atomic mass is 9.92. The van der Waals surface area contributed by atoms with Gasteiger partial charge in [0.15, 0.2) is 0 Å². The van der Waals surface area contributed by atoms with E-state index in [0.29, 0.717) is 16.6 Å². The molecule has 3 rings (SSSR count). The number of ether oxygens (including phenoxy) is 1. The second-order valence-electron chi connectivity index (χ2n) is 5.73. The van der Waals surface area contributed by atoms with Crippen LogP contribution in [0.2, 0.25) is 5.02 Å². The third kappa shape index (κ3) is 4.45. The van der Waals surface area contributed by atoms with Crippen LogP contribution < -0.4 is 10.1 Å². The van der Waals surface area contributed by atoms with Gasteiger partial charge in [0.2, 0.25) is 0 Å². The van der Waals surface area contributed by atoms with Crippen LogP contribution in [0.3, 0.4) is 0 Å². The van der Waals surface area contributed by atoms with Crippen LogP contribution in [-0.4, -0.2) is 28.0 Å². The maximum atomic E-state index is 12.3. The van der Waals surface area contributed by atoms with Gasteiger partial charge in [-0.2, -0.15) is 0 Å². The van der Waals surface area contributed by atoms with Crippen molar-refractivity contribution in [3.8, 4) is 6.01 Å². The number of nitrogens with one attached hydrogen (secondary N) is 1. The van der Waals surface area contributed by atoms with E-state index < -0.39 is 0 Å². The van der Waals surface area contributed by atoms with E-state index in [1.54, 1.807) is 0 Å². The molecule has 0 unspecified atom stereocenters. The molecule has 7 heteroatoms. The molecular formula is C17H17BrClN3O2. The topological polar surface area (TPSA) is 64.1 Å². The van der Waals surface area contributed by atoms with Gasteiger partial charge in [0.1, 0.15) is 6.10 Å². The molecule has 1 heterocycles. The highest BCUT2D eigenvalue weighted by Crippen LogP contribution is 2.23. The first kappa shape index (κ1) is 17.2. The highest BCUT2D eigenvalue weighted by molar-refractivity contribution is 9.10. The van der Waals surface area contributed by atoms with Crippen molar-refractivity contribution in [2.75, 3.05) is 0 Å². The molecule has 1 amide bonds. The Bertz CT molecular complexity index is 703. The Labute approximate surface area is 153 Å². The van der Waals surface area contributed by atoms with Gasteiger partial charge < -0.3 is 10.1 Å². The summed E-state index contributed by atoms with van der Waals surface area (Å²) in [5, 5.41) is 3.58. The lowest BCUT2D eigenvalue weighted by Gasteiger charge is -2.29. The van der Waals surface area contributed by atoms with Crippen LogP contribution in [0.5, 0.6) is 6.01 Å². The Kier molecular flexibility index (Phi) is 5.68. The van der Waals surface area contributed by atoms with Crippen molar-refractivity contribution in [3.05, 3.63) is 51.7 Å². The zero-order valence-corrected chi connectivity index (χ0v) is 15.3. The molecule has 1 aliphatic carbocycles. The summed E-state index contributed by atoms with van der Waals surface area (Å²) in [6, 6.07) is 7.94. The van der Waals surface area contributed by atoms with E-state index in [-0.39, 0.29) is 18.1 Å². The Morgan fingerprint density at radius 1 is 1.17 bits per heavy atom. The summed E-state index contributed by atoms with van der Waals surface area (Å²) in [6.45, 7) is 0. The normalized spacial score (nSPS) is 20.4. The first-order valence-electron chi connectivity index (χ1n) is 7.81. The summed E-state index contributed by atoms with van der Waals surface area (Å²) in [6.07, 6.45) is 6.56. The van der Waals surface area contributed by atoms with E-state index >= 15 is 0 Å². The highest BCUT2D eigenvalue weighted by Gasteiger charge is 2.25. The van der Waals surface area contributed by atoms with E-state index in [1.165, 1.54) is 12.4 Å². The van der Waals surface area contributed by atoms with Gasteiger partial charge in [-0.1, -0.05) is 23.7 Å². The predicted molar refractivity (Wildman–Crippen MR) is 95.3 cm³/mol. The van der Waals surface area contributed by atoms with Gasteiger partial charge in [-0.05, 0) is 53.7 Å². The maximum absolute atomic E-state index is 12.3. The quantitative estimate of drug-likeness (QED) is 0.827. The van der Waals surface area contributed by atoms with Crippen LogP contribution in [0.15, 0.2) is 41.1 Å². The number of amides is 1. The van der Waals surface area contributed by atoms with Crippen LogP contribution in [0.4, 0.5) is 0 Å². The lowest BCUT2D eigenvalue weighted by molar-refractivity contribution is 0.0884. The average Bonchev–Trinajstić information content (AvgIpc) is 2.59. The van der Waals surface area contributed by atoms with Crippen LogP contribution >= 0.6 is 27.5 Å². The average molecular weight is 411 g/mol. The third-order valence-electron chi connectivity index (χ3n) is 4.00. The minimum Gasteiger partial charge on any atom is -0.460 e. The van der Waals surface area contributed by atoms with Gasteiger partial charge in [-0.15, -0.1) is 0 Å². The molecule has 5 nitrogen and oxygen atoms in total. The SMILES string of the molecule is O=C(NC1CCC(Oc2ncc(Cl)cn2)CC1)c1ccccc1Br. The number of hydrogen-bond donors (Lipinski definition) is 1. The van der Waals surface area contributed by atoms with E-state index in [1.807, 2.05) is 24.3 Å². The first-order valence-corrected chi connectivity index (χ1v) is 8.98. The van der Waals surface area contributed by atoms with Gasteiger partial charge in [0.25, 0.3) is 5.91 Å². The Balaban J connectivity index is 1.49. The highest BCUT2D eigenvalue weighted by atomic mass is 79.9. The molecule has 1 N–H and O–H groups in total. The van der Waals surface area contributed by atoms with Gasteiger partial charge >= 0.3 is 6.01 Å². The molecule has 24 heavy (non-hydrogen) atoms. The predicted octanol–water partition coefficient (Wildman–Crippen LogP) is 4.01. The Morgan fingerprint density at radius 2 is 1.83 bits per heavy atom. The lowest BCUT2D eigenvalue weighted by Crippen LogP contribution is -2.39. The smallest absolute Gasteiger partial charge is 0.316 e. The third-order valence-corrected chi connectivity index (χ3v) is 4.88. The van der Waals surface area contributed by atoms with Crippen molar-refractivity contribution in [2.45, 2.75) is 37.8 Å². The molecule has 0 aliphatic heterocycles. The fourth-order valence-electron chi connectivity index (χ4n) is 2.74. The zero-order chi connectivity index (χ0) is 16.9. The molecular weight excluding hydrogens is 394 g/mol. The number of rotatable bonds is 4. The monoisotopic (exact) mass is 409 g/mol. The van der Waals surface area contributed by atoms with Crippen molar-refractivity contribution in [1.29, 1.82) is 0 Å². The van der Waals surface area contributed by atoms with Gasteiger partial charge in [0, 0.05) is 10.5 Å². The standard InChI is InChI=1S/C17H17BrClN3O2/c18-15-4-2-1-3-14(15)16(23)22-12-5-7-13(8-6-12)24-17-20-9-11(19)10-21-17/h1-4,9-10,12-13H,5-8H2,(H,22,23). The van der Waals surface area contributed by atoms with Crippen molar-refractivity contribution in [3.63, 3.8) is 0 Å². The van der Waals surface area contributed by atoms with Crippen molar-refractivity contribution >= 4 is 33.4 Å². The fraction of sp³-hybridized carbons (Fsp3) is 0.353. The Hall–Kier alpha value is -1.66. The van der Waals surface area contributed by atoms with Crippen molar-refractivity contribution < 1.29 is 9.53 Å². The number of carbonyl (C=O) groups is 1. The summed E-state index contributed by atoms with van der Waals surface area (Å²) in [5.74, 6) is -0.0483. The van der Waals surface area contributed by atoms with Gasteiger partial charge in [-0.25, -0.2) is 9.97 Å². The van der Waals surface area contributed by atoms with E-state index in [2.05, 4.69) is 31.2 Å². The van der Waals surface area contributed by atoms with Crippen LogP contribution in [-0.2, 0) is 0 Å². The molecule has 1 saturated carbocycles. The fourth-order valence-corrected chi connectivity index (χ4v) is 3.31. The summed E-state index contributed by atoms with van der Waals surface area (Å²) in [4.78, 5) is 20.4.